The standard InChI is InChI=1S/C19H18F3NO4/c1-12-3-9-17(26-2)15(11-12)16(24)8-10-18(25)23-13-4-6-14(7-5-13)27-19(20,21)22/h3-7,9,11H,8,10H2,1-2H3,(H,23,25). The van der Waals surface area contributed by atoms with E-state index in [1.54, 1.807) is 12.1 Å². The average Bonchev–Trinajstić information content (AvgIpc) is 2.60. The molecular formula is C19H18F3NO4. The number of ether oxygens (including phenoxy) is 2. The number of halogens is 3. The van der Waals surface area contributed by atoms with Crippen molar-refractivity contribution in [2.45, 2.75) is 26.1 Å². The van der Waals surface area contributed by atoms with E-state index >= 15 is 0 Å². The van der Waals surface area contributed by atoms with E-state index in [1.807, 2.05) is 13.0 Å². The molecule has 0 heterocycles. The predicted molar refractivity (Wildman–Crippen MR) is 93.1 cm³/mol. The number of methoxy groups -OCH3 is 1. The Kier molecular flexibility index (Phi) is 6.44. The van der Waals surface area contributed by atoms with Gasteiger partial charge in [0.15, 0.2) is 5.78 Å². The van der Waals surface area contributed by atoms with Gasteiger partial charge >= 0.3 is 6.36 Å². The van der Waals surface area contributed by atoms with Crippen LogP contribution in [0.4, 0.5) is 18.9 Å². The Labute approximate surface area is 154 Å². The fraction of sp³-hybridized carbons (Fsp3) is 0.263. The van der Waals surface area contributed by atoms with E-state index < -0.39 is 12.3 Å². The lowest BCUT2D eigenvalue weighted by atomic mass is 10.0. The number of aryl methyl sites for hydroxylation is 1. The van der Waals surface area contributed by atoms with Crippen LogP contribution in [-0.2, 0) is 4.79 Å². The van der Waals surface area contributed by atoms with Crippen LogP contribution < -0.4 is 14.8 Å². The van der Waals surface area contributed by atoms with Crippen molar-refractivity contribution >= 4 is 17.4 Å². The van der Waals surface area contributed by atoms with Crippen molar-refractivity contribution in [2.75, 3.05) is 12.4 Å². The van der Waals surface area contributed by atoms with Gasteiger partial charge in [0.25, 0.3) is 0 Å². The zero-order chi connectivity index (χ0) is 20.0. The highest BCUT2D eigenvalue weighted by Gasteiger charge is 2.30. The number of hydrogen-bond donors (Lipinski definition) is 1. The largest absolute Gasteiger partial charge is 0.573 e. The van der Waals surface area contributed by atoms with E-state index in [2.05, 4.69) is 10.1 Å². The lowest BCUT2D eigenvalue weighted by molar-refractivity contribution is -0.274. The molecule has 0 spiro atoms. The third-order valence-electron chi connectivity index (χ3n) is 3.61. The average molecular weight is 381 g/mol. The smallest absolute Gasteiger partial charge is 0.496 e. The molecule has 144 valence electrons. The van der Waals surface area contributed by atoms with Crippen LogP contribution in [0.1, 0.15) is 28.8 Å². The molecule has 1 N–H and O–H groups in total. The van der Waals surface area contributed by atoms with Crippen molar-refractivity contribution in [2.24, 2.45) is 0 Å². The van der Waals surface area contributed by atoms with Crippen LogP contribution in [0, 0.1) is 6.92 Å². The second kappa shape index (κ2) is 8.57. The molecule has 0 aromatic heterocycles. The van der Waals surface area contributed by atoms with Crippen LogP contribution in [0.25, 0.3) is 0 Å². The van der Waals surface area contributed by atoms with Gasteiger partial charge in [-0.1, -0.05) is 11.6 Å². The highest BCUT2D eigenvalue weighted by molar-refractivity contribution is 6.01. The third-order valence-corrected chi connectivity index (χ3v) is 3.61. The third kappa shape index (κ3) is 6.32. The van der Waals surface area contributed by atoms with Gasteiger partial charge in [0.05, 0.1) is 12.7 Å². The molecule has 0 saturated heterocycles. The van der Waals surface area contributed by atoms with Gasteiger partial charge < -0.3 is 14.8 Å². The molecule has 8 heteroatoms. The maximum absolute atomic E-state index is 12.3. The first-order valence-corrected chi connectivity index (χ1v) is 8.01. The number of nitrogens with one attached hydrogen (secondary N) is 1. The predicted octanol–water partition coefficient (Wildman–Crippen LogP) is 4.50. The van der Waals surface area contributed by atoms with E-state index in [9.17, 15) is 22.8 Å². The van der Waals surface area contributed by atoms with E-state index in [-0.39, 0.29) is 24.4 Å². The number of hydrogen-bond acceptors (Lipinski definition) is 4. The van der Waals surface area contributed by atoms with Gasteiger partial charge in [0.2, 0.25) is 5.91 Å². The van der Waals surface area contributed by atoms with Crippen LogP contribution in [0.15, 0.2) is 42.5 Å². The van der Waals surface area contributed by atoms with Crippen molar-refractivity contribution in [3.63, 3.8) is 0 Å². The quantitative estimate of drug-likeness (QED) is 0.717. The summed E-state index contributed by atoms with van der Waals surface area (Å²) >= 11 is 0. The number of anilines is 1. The topological polar surface area (TPSA) is 64.6 Å². The van der Waals surface area contributed by atoms with Crippen molar-refractivity contribution < 1.29 is 32.2 Å². The van der Waals surface area contributed by atoms with E-state index in [0.29, 0.717) is 17.0 Å². The Morgan fingerprint density at radius 2 is 1.70 bits per heavy atom. The van der Waals surface area contributed by atoms with E-state index in [1.165, 1.54) is 19.2 Å². The summed E-state index contributed by atoms with van der Waals surface area (Å²) in [5, 5.41) is 2.52. The molecule has 2 aromatic rings. The molecule has 5 nitrogen and oxygen atoms in total. The maximum atomic E-state index is 12.3. The minimum atomic E-state index is -4.78. The molecule has 0 saturated carbocycles. The molecule has 0 aliphatic carbocycles. The molecule has 2 rings (SSSR count). The zero-order valence-corrected chi connectivity index (χ0v) is 14.7. The molecule has 27 heavy (non-hydrogen) atoms. The molecule has 0 bridgehead atoms. The van der Waals surface area contributed by atoms with Crippen molar-refractivity contribution in [3.05, 3.63) is 53.6 Å². The lowest BCUT2D eigenvalue weighted by Gasteiger charge is -2.10. The number of alkyl halides is 3. The molecule has 0 aliphatic rings. The van der Waals surface area contributed by atoms with Crippen molar-refractivity contribution in [3.8, 4) is 11.5 Å². The van der Waals surface area contributed by atoms with Crippen LogP contribution in [-0.4, -0.2) is 25.2 Å². The number of amides is 1. The van der Waals surface area contributed by atoms with Gasteiger partial charge in [-0.05, 0) is 43.3 Å². The van der Waals surface area contributed by atoms with Crippen LogP contribution in [0.3, 0.4) is 0 Å². The van der Waals surface area contributed by atoms with Gasteiger partial charge in [-0.3, -0.25) is 9.59 Å². The van der Waals surface area contributed by atoms with Gasteiger partial charge in [0, 0.05) is 18.5 Å². The molecular weight excluding hydrogens is 363 g/mol. The highest BCUT2D eigenvalue weighted by Crippen LogP contribution is 2.24. The number of benzene rings is 2. The van der Waals surface area contributed by atoms with E-state index in [4.69, 9.17) is 4.74 Å². The van der Waals surface area contributed by atoms with Crippen LogP contribution in [0.2, 0.25) is 0 Å². The number of rotatable bonds is 7. The zero-order valence-electron chi connectivity index (χ0n) is 14.7. The highest BCUT2D eigenvalue weighted by atomic mass is 19.4. The summed E-state index contributed by atoms with van der Waals surface area (Å²) in [6.07, 6.45) is -4.88. The SMILES string of the molecule is COc1ccc(C)cc1C(=O)CCC(=O)Nc1ccc(OC(F)(F)F)cc1. The summed E-state index contributed by atoms with van der Waals surface area (Å²) in [6, 6.07) is 9.94. The molecule has 0 fully saturated rings. The second-order valence-electron chi connectivity index (χ2n) is 5.75. The number of ketones is 1. The molecule has 0 radical (unpaired) electrons. The molecule has 0 atom stereocenters. The van der Waals surface area contributed by atoms with Gasteiger partial charge in [-0.2, -0.15) is 0 Å². The summed E-state index contributed by atoms with van der Waals surface area (Å²) in [7, 11) is 1.46. The number of Topliss-reactive ketones (excluding diaryl/α,β-unsaturated/α-hetero) is 1. The Morgan fingerprint density at radius 3 is 2.30 bits per heavy atom. The van der Waals surface area contributed by atoms with Crippen LogP contribution >= 0.6 is 0 Å². The van der Waals surface area contributed by atoms with Gasteiger partial charge in [0.1, 0.15) is 11.5 Å². The summed E-state index contributed by atoms with van der Waals surface area (Å²) in [5.74, 6) is -0.618. The second-order valence-corrected chi connectivity index (χ2v) is 5.75. The summed E-state index contributed by atoms with van der Waals surface area (Å²) in [6.45, 7) is 1.84. The van der Waals surface area contributed by atoms with E-state index in [0.717, 1.165) is 17.7 Å². The Bertz CT molecular complexity index is 817. The normalized spacial score (nSPS) is 11.0. The number of carbonyl (C=O) groups excluding carboxylic acids is 2. The Balaban J connectivity index is 1.91. The minimum Gasteiger partial charge on any atom is -0.496 e. The molecule has 1 amide bonds. The number of carbonyl (C=O) groups is 2. The lowest BCUT2D eigenvalue weighted by Crippen LogP contribution is -2.17. The Hall–Kier alpha value is -3.03. The monoisotopic (exact) mass is 381 g/mol. The summed E-state index contributed by atoms with van der Waals surface area (Å²) < 4.78 is 45.3. The maximum Gasteiger partial charge on any atom is 0.573 e. The molecule has 2 aromatic carbocycles. The first-order valence-electron chi connectivity index (χ1n) is 8.01. The summed E-state index contributed by atoms with van der Waals surface area (Å²) in [4.78, 5) is 24.3. The fourth-order valence-electron chi connectivity index (χ4n) is 2.36. The Morgan fingerprint density at radius 1 is 1.04 bits per heavy atom. The van der Waals surface area contributed by atoms with Crippen molar-refractivity contribution in [1.82, 2.24) is 0 Å². The van der Waals surface area contributed by atoms with Crippen molar-refractivity contribution in [1.29, 1.82) is 0 Å². The minimum absolute atomic E-state index is 0.0269. The van der Waals surface area contributed by atoms with Gasteiger partial charge in [-0.15, -0.1) is 13.2 Å². The van der Waals surface area contributed by atoms with Gasteiger partial charge in [-0.25, -0.2) is 0 Å². The first-order chi connectivity index (χ1) is 12.7. The molecule has 0 unspecified atom stereocenters. The fourth-order valence-corrected chi connectivity index (χ4v) is 2.36. The first kappa shape index (κ1) is 20.3. The summed E-state index contributed by atoms with van der Waals surface area (Å²) in [5.41, 5.74) is 1.60. The molecule has 0 aliphatic heterocycles. The van der Waals surface area contributed by atoms with Crippen LogP contribution in [0.5, 0.6) is 11.5 Å².